The molecule has 0 unspecified atom stereocenters. The summed E-state index contributed by atoms with van der Waals surface area (Å²) in [5, 5.41) is 0. The van der Waals surface area contributed by atoms with E-state index in [0.29, 0.717) is 0 Å². The number of aromatic amines is 4. The molecule has 2 heterocycles. The van der Waals surface area contributed by atoms with Crippen LogP contribution in [0.5, 0.6) is 0 Å². The third-order valence-corrected chi connectivity index (χ3v) is 1.42. The molecule has 0 spiro atoms. The summed E-state index contributed by atoms with van der Waals surface area (Å²) in [6.45, 7) is 0. The molecule has 13 heavy (non-hydrogen) atoms. The number of fused-ring (bicyclic) bond motifs is 1. The molecule has 0 aliphatic heterocycles. The second kappa shape index (κ2) is 3.12. The molecule has 2 rings (SSSR count). The molecular weight excluding hydrogens is 171 g/mol. The van der Waals surface area contributed by atoms with E-state index in [1.807, 2.05) is 4.98 Å². The summed E-state index contributed by atoms with van der Waals surface area (Å²) in [5.74, 6) is 0. The first-order valence-electron chi connectivity index (χ1n) is 3.11. The molecule has 0 saturated heterocycles. The van der Waals surface area contributed by atoms with E-state index in [1.54, 1.807) is 0 Å². The Bertz CT molecular complexity index is 588. The fourth-order valence-electron chi connectivity index (χ4n) is 0.958. The maximum atomic E-state index is 10.9. The Kier molecular flexibility index (Phi) is 2.31. The van der Waals surface area contributed by atoms with E-state index >= 15 is 0 Å². The molecule has 0 atom stereocenters. The van der Waals surface area contributed by atoms with Crippen LogP contribution in [0.4, 0.5) is 0 Å². The topological polar surface area (TPSA) is 114 Å². The molecule has 8 heteroatoms. The number of rotatable bonds is 0. The van der Waals surface area contributed by atoms with Crippen LogP contribution in [0.1, 0.15) is 0 Å². The van der Waals surface area contributed by atoms with E-state index in [-0.39, 0.29) is 30.0 Å². The Hall–Kier alpha value is -1.45. The van der Waals surface area contributed by atoms with Crippen molar-refractivity contribution in [2.24, 2.45) is 0 Å². The first-order valence-corrected chi connectivity index (χ1v) is 3.11. The molecule has 2 aromatic rings. The third-order valence-electron chi connectivity index (χ3n) is 1.42. The van der Waals surface area contributed by atoms with Crippen LogP contribution in [0.3, 0.4) is 0 Å². The van der Waals surface area contributed by atoms with Gasteiger partial charge in [0.15, 0.2) is 0 Å². The SMILES string of the molecule is O=c1[nH]c(=O)c2[nH]c(=O)[nH]c2[nH]1.[Li]. The van der Waals surface area contributed by atoms with E-state index in [0.717, 1.165) is 0 Å². The minimum atomic E-state index is -0.650. The fourth-order valence-corrected chi connectivity index (χ4v) is 0.958. The van der Waals surface area contributed by atoms with Gasteiger partial charge >= 0.3 is 11.4 Å². The molecular formula is C5H4LiN4O3. The van der Waals surface area contributed by atoms with Gasteiger partial charge in [0.1, 0.15) is 11.2 Å². The van der Waals surface area contributed by atoms with Crippen molar-refractivity contribution in [2.45, 2.75) is 0 Å². The van der Waals surface area contributed by atoms with E-state index in [2.05, 4.69) is 15.0 Å². The predicted molar refractivity (Wildman–Crippen MR) is 45.9 cm³/mol. The second-order valence-electron chi connectivity index (χ2n) is 2.24. The molecule has 0 fully saturated rings. The number of H-pyrrole nitrogens is 4. The number of aromatic nitrogens is 4. The van der Waals surface area contributed by atoms with Gasteiger partial charge in [0.25, 0.3) is 5.56 Å². The van der Waals surface area contributed by atoms with Crippen molar-refractivity contribution in [3.8, 4) is 0 Å². The molecule has 0 amide bonds. The smallest absolute Gasteiger partial charge is 0.300 e. The van der Waals surface area contributed by atoms with E-state index in [1.165, 1.54) is 0 Å². The Labute approximate surface area is 81.8 Å². The van der Waals surface area contributed by atoms with Gasteiger partial charge in [-0.25, -0.2) is 9.59 Å². The van der Waals surface area contributed by atoms with Gasteiger partial charge in [-0.2, -0.15) is 0 Å². The second-order valence-corrected chi connectivity index (χ2v) is 2.24. The average Bonchev–Trinajstić information content (AvgIpc) is 2.29. The normalized spacial score (nSPS) is 9.85. The van der Waals surface area contributed by atoms with Gasteiger partial charge < -0.3 is 0 Å². The van der Waals surface area contributed by atoms with Crippen LogP contribution in [0, 0.1) is 0 Å². The maximum absolute atomic E-state index is 10.9. The van der Waals surface area contributed by atoms with Gasteiger partial charge in [-0.3, -0.25) is 24.7 Å². The van der Waals surface area contributed by atoms with E-state index in [4.69, 9.17) is 0 Å². The van der Waals surface area contributed by atoms with Gasteiger partial charge in [-0.15, -0.1) is 0 Å². The van der Waals surface area contributed by atoms with Gasteiger partial charge in [0.2, 0.25) is 0 Å². The van der Waals surface area contributed by atoms with Crippen LogP contribution < -0.4 is 16.9 Å². The van der Waals surface area contributed by atoms with Gasteiger partial charge in [0.05, 0.1) is 0 Å². The Morgan fingerprint density at radius 3 is 1.92 bits per heavy atom. The number of hydrogen-bond acceptors (Lipinski definition) is 3. The molecule has 0 aliphatic carbocycles. The zero-order valence-corrected chi connectivity index (χ0v) is 6.72. The summed E-state index contributed by atoms with van der Waals surface area (Å²) >= 11 is 0. The van der Waals surface area contributed by atoms with Crippen molar-refractivity contribution in [3.05, 3.63) is 31.3 Å². The summed E-state index contributed by atoms with van der Waals surface area (Å²) in [4.78, 5) is 41.0. The Morgan fingerprint density at radius 2 is 1.31 bits per heavy atom. The zero-order chi connectivity index (χ0) is 8.72. The molecule has 63 valence electrons. The summed E-state index contributed by atoms with van der Waals surface area (Å²) in [5.41, 5.74) is -1.65. The third kappa shape index (κ3) is 1.52. The van der Waals surface area contributed by atoms with Crippen molar-refractivity contribution in [3.63, 3.8) is 0 Å². The van der Waals surface area contributed by atoms with Gasteiger partial charge in [-0.1, -0.05) is 0 Å². The first-order chi connectivity index (χ1) is 5.66. The summed E-state index contributed by atoms with van der Waals surface area (Å²) < 4.78 is 0. The van der Waals surface area contributed by atoms with Crippen molar-refractivity contribution in [1.82, 2.24) is 19.9 Å². The number of imidazole rings is 1. The minimum absolute atomic E-state index is 0. The molecule has 0 aliphatic rings. The molecule has 0 bridgehead atoms. The number of hydrogen-bond donors (Lipinski definition) is 4. The van der Waals surface area contributed by atoms with Crippen molar-refractivity contribution in [2.75, 3.05) is 0 Å². The largest absolute Gasteiger partial charge is 0.327 e. The molecule has 7 nitrogen and oxygen atoms in total. The fraction of sp³-hybridized carbons (Fsp3) is 0. The number of nitrogens with one attached hydrogen (secondary N) is 4. The van der Waals surface area contributed by atoms with Crippen molar-refractivity contribution in [1.29, 1.82) is 0 Å². The Balaban J connectivity index is 0.000000845. The van der Waals surface area contributed by atoms with Crippen LogP contribution in [-0.4, -0.2) is 38.8 Å². The average molecular weight is 175 g/mol. The quantitative estimate of drug-likeness (QED) is 0.342. The maximum Gasteiger partial charge on any atom is 0.327 e. The van der Waals surface area contributed by atoms with Gasteiger partial charge in [0, 0.05) is 18.9 Å². The predicted octanol–water partition coefficient (Wildman–Crippen LogP) is -2.15. The van der Waals surface area contributed by atoms with Crippen LogP contribution in [-0.2, 0) is 0 Å². The van der Waals surface area contributed by atoms with E-state index < -0.39 is 16.9 Å². The monoisotopic (exact) mass is 175 g/mol. The summed E-state index contributed by atoms with van der Waals surface area (Å²) in [7, 11) is 0. The van der Waals surface area contributed by atoms with Gasteiger partial charge in [-0.05, 0) is 0 Å². The first kappa shape index (κ1) is 9.63. The molecule has 4 N–H and O–H groups in total. The molecule has 1 radical (unpaired) electrons. The standard InChI is InChI=1S/C5H4N4O3.Li/c10-3-1-2(7-4(11)6-1)8-5(12)9-3;/h(H4,6,7,8,9,10,11,12);. The van der Waals surface area contributed by atoms with E-state index in [9.17, 15) is 14.4 Å². The van der Waals surface area contributed by atoms with Crippen LogP contribution >= 0.6 is 0 Å². The molecule has 2 aromatic heterocycles. The van der Waals surface area contributed by atoms with Crippen LogP contribution in [0.25, 0.3) is 11.2 Å². The zero-order valence-electron chi connectivity index (χ0n) is 6.72. The summed E-state index contributed by atoms with van der Waals surface area (Å²) in [6, 6.07) is 0. The minimum Gasteiger partial charge on any atom is -0.300 e. The molecule has 0 saturated carbocycles. The van der Waals surface area contributed by atoms with Crippen LogP contribution in [0.2, 0.25) is 0 Å². The van der Waals surface area contributed by atoms with Crippen LogP contribution in [0.15, 0.2) is 14.4 Å². The summed E-state index contributed by atoms with van der Waals surface area (Å²) in [6.07, 6.45) is 0. The van der Waals surface area contributed by atoms with Crippen molar-refractivity contribution < 1.29 is 0 Å². The van der Waals surface area contributed by atoms with Crippen molar-refractivity contribution >= 4 is 30.0 Å². The Morgan fingerprint density at radius 1 is 0.769 bits per heavy atom. The molecule has 0 aromatic carbocycles.